The van der Waals surface area contributed by atoms with Crippen LogP contribution in [0, 0.1) is 13.8 Å². The third-order valence-electron chi connectivity index (χ3n) is 5.27. The van der Waals surface area contributed by atoms with Gasteiger partial charge < -0.3 is 14.8 Å². The molecular weight excluding hydrogens is 338 g/mol. The summed E-state index contributed by atoms with van der Waals surface area (Å²) in [6.45, 7) is 10.7. The highest BCUT2D eigenvalue weighted by Crippen LogP contribution is 2.18. The van der Waals surface area contributed by atoms with E-state index in [4.69, 9.17) is 0 Å². The number of amides is 2. The van der Waals surface area contributed by atoms with Crippen LogP contribution in [0.2, 0.25) is 0 Å². The van der Waals surface area contributed by atoms with Gasteiger partial charge >= 0.3 is 0 Å². The fraction of sp³-hybridized carbons (Fsp3) is 0.455. The van der Waals surface area contributed by atoms with Crippen LogP contribution >= 0.6 is 0 Å². The molecule has 0 radical (unpaired) electrons. The van der Waals surface area contributed by atoms with Gasteiger partial charge in [-0.1, -0.05) is 26.0 Å². The Labute approximate surface area is 161 Å². The van der Waals surface area contributed by atoms with Gasteiger partial charge in [0.15, 0.2) is 0 Å². The van der Waals surface area contributed by atoms with Gasteiger partial charge in [0.2, 0.25) is 0 Å². The zero-order chi connectivity index (χ0) is 19.6. The topological polar surface area (TPSA) is 56.4 Å². The van der Waals surface area contributed by atoms with Gasteiger partial charge in [-0.3, -0.25) is 9.59 Å². The summed E-state index contributed by atoms with van der Waals surface area (Å²) in [4.78, 5) is 32.6. The maximum Gasteiger partial charge on any atom is 0.255 e. The van der Waals surface area contributed by atoms with Gasteiger partial charge in [0.1, 0.15) is 0 Å². The number of aromatic amines is 1. The van der Waals surface area contributed by atoms with Gasteiger partial charge in [0.25, 0.3) is 11.8 Å². The molecule has 1 N–H and O–H groups in total. The van der Waals surface area contributed by atoms with Gasteiger partial charge in [0.05, 0.1) is 5.56 Å². The van der Waals surface area contributed by atoms with Crippen molar-refractivity contribution in [3.63, 3.8) is 0 Å². The number of H-pyrrole nitrogens is 1. The number of aromatic nitrogens is 1. The molecule has 2 heterocycles. The lowest BCUT2D eigenvalue weighted by molar-refractivity contribution is 0.0718. The Hall–Kier alpha value is -2.56. The molecule has 2 aromatic rings. The molecule has 5 nitrogen and oxygen atoms in total. The van der Waals surface area contributed by atoms with Crippen molar-refractivity contribution in [1.29, 1.82) is 0 Å². The van der Waals surface area contributed by atoms with Gasteiger partial charge in [0, 0.05) is 43.1 Å². The molecule has 1 aliphatic rings. The lowest BCUT2D eigenvalue weighted by atomic mass is 10.0. The summed E-state index contributed by atoms with van der Waals surface area (Å²) < 4.78 is 0. The van der Waals surface area contributed by atoms with Crippen LogP contribution in [0.5, 0.6) is 0 Å². The largest absolute Gasteiger partial charge is 0.362 e. The van der Waals surface area contributed by atoms with Crippen LogP contribution in [0.1, 0.15) is 63.9 Å². The van der Waals surface area contributed by atoms with E-state index < -0.39 is 0 Å². The minimum atomic E-state index is 0.0486. The predicted molar refractivity (Wildman–Crippen MR) is 107 cm³/mol. The quantitative estimate of drug-likeness (QED) is 0.898. The molecule has 0 spiro atoms. The minimum absolute atomic E-state index is 0.0486. The summed E-state index contributed by atoms with van der Waals surface area (Å²) in [6, 6.07) is 9.79. The van der Waals surface area contributed by atoms with E-state index in [1.165, 1.54) is 5.56 Å². The second-order valence-electron chi connectivity index (χ2n) is 7.71. The Kier molecular flexibility index (Phi) is 5.68. The average Bonchev–Trinajstić information content (AvgIpc) is 2.85. The van der Waals surface area contributed by atoms with Crippen molar-refractivity contribution in [3.8, 4) is 0 Å². The van der Waals surface area contributed by atoms with Crippen LogP contribution < -0.4 is 0 Å². The van der Waals surface area contributed by atoms with Crippen molar-refractivity contribution in [2.75, 3.05) is 26.2 Å². The molecule has 0 aliphatic carbocycles. The molecule has 1 fully saturated rings. The van der Waals surface area contributed by atoms with Crippen molar-refractivity contribution >= 4 is 11.8 Å². The number of hydrogen-bond donors (Lipinski definition) is 1. The van der Waals surface area contributed by atoms with E-state index in [-0.39, 0.29) is 11.8 Å². The first-order chi connectivity index (χ1) is 12.9. The lowest BCUT2D eigenvalue weighted by Gasteiger charge is -2.22. The second-order valence-corrected chi connectivity index (χ2v) is 7.71. The van der Waals surface area contributed by atoms with Crippen molar-refractivity contribution < 1.29 is 9.59 Å². The molecule has 144 valence electrons. The van der Waals surface area contributed by atoms with E-state index in [9.17, 15) is 9.59 Å². The SMILES string of the molecule is Cc1cc(C(=O)N2CCCN(C(=O)c3ccc(C(C)C)cc3)CC2)c(C)[nH]1. The summed E-state index contributed by atoms with van der Waals surface area (Å²) in [7, 11) is 0. The lowest BCUT2D eigenvalue weighted by Crippen LogP contribution is -2.37. The molecule has 1 aromatic carbocycles. The zero-order valence-electron chi connectivity index (χ0n) is 16.7. The first kappa shape index (κ1) is 19.2. The number of nitrogens with zero attached hydrogens (tertiary/aromatic N) is 2. The third kappa shape index (κ3) is 4.24. The van der Waals surface area contributed by atoms with Crippen LogP contribution in [0.4, 0.5) is 0 Å². The standard InChI is InChI=1S/C22H29N3O2/c1-15(2)18-6-8-19(9-7-18)21(26)24-10-5-11-25(13-12-24)22(27)20-14-16(3)23-17(20)4/h6-9,14-15,23H,5,10-13H2,1-4H3. The molecular formula is C22H29N3O2. The van der Waals surface area contributed by atoms with Crippen LogP contribution in [-0.2, 0) is 0 Å². The number of rotatable bonds is 3. The smallest absolute Gasteiger partial charge is 0.255 e. The summed E-state index contributed by atoms with van der Waals surface area (Å²) in [5, 5.41) is 0. The van der Waals surface area contributed by atoms with Crippen LogP contribution in [0.3, 0.4) is 0 Å². The minimum Gasteiger partial charge on any atom is -0.362 e. The molecule has 1 aromatic heterocycles. The Morgan fingerprint density at radius 1 is 0.926 bits per heavy atom. The molecule has 0 bridgehead atoms. The molecule has 3 rings (SSSR count). The molecule has 2 amide bonds. The Bertz CT molecular complexity index is 821. The van der Waals surface area contributed by atoms with Crippen molar-refractivity contribution in [2.45, 2.75) is 40.0 Å². The highest BCUT2D eigenvalue weighted by molar-refractivity contribution is 5.96. The molecule has 5 heteroatoms. The number of carbonyl (C=O) groups is 2. The predicted octanol–water partition coefficient (Wildman–Crippen LogP) is 3.74. The third-order valence-corrected chi connectivity index (χ3v) is 5.27. The van der Waals surface area contributed by atoms with E-state index in [1.807, 2.05) is 54.0 Å². The number of nitrogens with one attached hydrogen (secondary N) is 1. The fourth-order valence-electron chi connectivity index (χ4n) is 3.63. The maximum atomic E-state index is 12.9. The first-order valence-electron chi connectivity index (χ1n) is 9.71. The molecule has 27 heavy (non-hydrogen) atoms. The van der Waals surface area contributed by atoms with Gasteiger partial charge in [-0.25, -0.2) is 0 Å². The fourth-order valence-corrected chi connectivity index (χ4v) is 3.63. The Morgan fingerprint density at radius 2 is 1.52 bits per heavy atom. The second kappa shape index (κ2) is 7.99. The Morgan fingerprint density at radius 3 is 2.04 bits per heavy atom. The maximum absolute atomic E-state index is 12.9. The zero-order valence-corrected chi connectivity index (χ0v) is 16.7. The number of benzene rings is 1. The molecule has 1 aliphatic heterocycles. The van der Waals surface area contributed by atoms with Gasteiger partial charge in [-0.15, -0.1) is 0 Å². The van der Waals surface area contributed by atoms with E-state index in [2.05, 4.69) is 18.8 Å². The van der Waals surface area contributed by atoms with E-state index in [0.29, 0.717) is 32.1 Å². The van der Waals surface area contributed by atoms with Crippen LogP contribution in [0.25, 0.3) is 0 Å². The Balaban J connectivity index is 1.66. The van der Waals surface area contributed by atoms with Crippen LogP contribution in [0.15, 0.2) is 30.3 Å². The van der Waals surface area contributed by atoms with Gasteiger partial charge in [-0.2, -0.15) is 0 Å². The van der Waals surface area contributed by atoms with Gasteiger partial charge in [-0.05, 0) is 49.9 Å². The summed E-state index contributed by atoms with van der Waals surface area (Å²) in [6.07, 6.45) is 0.796. The highest BCUT2D eigenvalue weighted by Gasteiger charge is 2.25. The first-order valence-corrected chi connectivity index (χ1v) is 9.71. The molecule has 0 atom stereocenters. The monoisotopic (exact) mass is 367 g/mol. The highest BCUT2D eigenvalue weighted by atomic mass is 16.2. The van der Waals surface area contributed by atoms with Crippen molar-refractivity contribution in [3.05, 3.63) is 58.4 Å². The van der Waals surface area contributed by atoms with E-state index in [0.717, 1.165) is 28.9 Å². The average molecular weight is 367 g/mol. The van der Waals surface area contributed by atoms with Crippen molar-refractivity contribution in [2.24, 2.45) is 0 Å². The summed E-state index contributed by atoms with van der Waals surface area (Å²) in [5.74, 6) is 0.549. The molecule has 0 saturated carbocycles. The molecule has 1 saturated heterocycles. The summed E-state index contributed by atoms with van der Waals surface area (Å²) >= 11 is 0. The number of carbonyl (C=O) groups excluding carboxylic acids is 2. The normalized spacial score (nSPS) is 15.1. The van der Waals surface area contributed by atoms with E-state index in [1.54, 1.807) is 0 Å². The number of aryl methyl sites for hydroxylation is 2. The molecule has 0 unspecified atom stereocenters. The summed E-state index contributed by atoms with van der Waals surface area (Å²) in [5.41, 5.74) is 4.58. The van der Waals surface area contributed by atoms with Crippen molar-refractivity contribution in [1.82, 2.24) is 14.8 Å². The number of hydrogen-bond acceptors (Lipinski definition) is 2. The van der Waals surface area contributed by atoms with Crippen LogP contribution in [-0.4, -0.2) is 52.8 Å². The van der Waals surface area contributed by atoms with E-state index >= 15 is 0 Å².